The molecule has 1 aromatic rings. The Morgan fingerprint density at radius 1 is 1.29 bits per heavy atom. The van der Waals surface area contributed by atoms with Gasteiger partial charge in [-0.15, -0.1) is 0 Å². The predicted octanol–water partition coefficient (Wildman–Crippen LogP) is 1.61. The zero-order valence-corrected chi connectivity index (χ0v) is 14.1. The number of methoxy groups -OCH3 is 1. The first kappa shape index (κ1) is 18.0. The second kappa shape index (κ2) is 8.47. The lowest BCUT2D eigenvalue weighted by Gasteiger charge is -2.30. The number of para-hydroxylation sites is 1. The summed E-state index contributed by atoms with van der Waals surface area (Å²) in [6.45, 7) is 2.34. The van der Waals surface area contributed by atoms with Crippen LogP contribution >= 0.6 is 0 Å². The summed E-state index contributed by atoms with van der Waals surface area (Å²) in [5.41, 5.74) is 0.959. The first-order valence-corrected chi connectivity index (χ1v) is 8.15. The third-order valence-corrected chi connectivity index (χ3v) is 4.15. The average molecular weight is 333 g/mol. The fourth-order valence-electron chi connectivity index (χ4n) is 2.84. The van der Waals surface area contributed by atoms with Crippen molar-refractivity contribution in [2.24, 2.45) is 5.92 Å². The van der Waals surface area contributed by atoms with Crippen LogP contribution in [-0.4, -0.2) is 49.4 Å². The van der Waals surface area contributed by atoms with Gasteiger partial charge in [0.15, 0.2) is 5.78 Å². The number of rotatable bonds is 6. The molecule has 1 fully saturated rings. The minimum absolute atomic E-state index is 0.0196. The average Bonchev–Trinajstić information content (AvgIpc) is 2.59. The fourth-order valence-corrected chi connectivity index (χ4v) is 2.84. The molecule has 1 amide bonds. The van der Waals surface area contributed by atoms with Gasteiger partial charge in [-0.3, -0.25) is 14.4 Å². The molecule has 1 unspecified atom stereocenters. The van der Waals surface area contributed by atoms with E-state index in [-0.39, 0.29) is 24.8 Å². The van der Waals surface area contributed by atoms with Crippen molar-refractivity contribution < 1.29 is 23.9 Å². The molecule has 6 heteroatoms. The molecule has 0 aromatic heterocycles. The van der Waals surface area contributed by atoms with Crippen molar-refractivity contribution in [1.29, 1.82) is 0 Å². The van der Waals surface area contributed by atoms with Crippen LogP contribution in [0.3, 0.4) is 0 Å². The molecule has 2 rings (SSSR count). The molecule has 6 nitrogen and oxygen atoms in total. The van der Waals surface area contributed by atoms with E-state index in [0.29, 0.717) is 25.8 Å². The zero-order chi connectivity index (χ0) is 17.5. The van der Waals surface area contributed by atoms with E-state index in [1.54, 1.807) is 14.0 Å². The van der Waals surface area contributed by atoms with E-state index in [4.69, 9.17) is 9.47 Å². The van der Waals surface area contributed by atoms with E-state index in [1.165, 1.54) is 4.90 Å². The van der Waals surface area contributed by atoms with Crippen LogP contribution in [0.25, 0.3) is 0 Å². The van der Waals surface area contributed by atoms with Crippen LogP contribution in [0.4, 0.5) is 0 Å². The molecule has 0 N–H and O–H groups in total. The van der Waals surface area contributed by atoms with Crippen molar-refractivity contribution in [2.45, 2.75) is 26.2 Å². The maximum absolute atomic E-state index is 12.3. The third kappa shape index (κ3) is 4.34. The normalized spacial score (nSPS) is 17.5. The zero-order valence-electron chi connectivity index (χ0n) is 14.1. The van der Waals surface area contributed by atoms with Crippen molar-refractivity contribution in [3.63, 3.8) is 0 Å². The van der Waals surface area contributed by atoms with Crippen LogP contribution in [0.1, 0.15) is 25.3 Å². The molecule has 1 aromatic carbocycles. The summed E-state index contributed by atoms with van der Waals surface area (Å²) in [6, 6.07) is 7.55. The quantitative estimate of drug-likeness (QED) is 0.584. The number of carbonyl (C=O) groups is 3. The highest BCUT2D eigenvalue weighted by molar-refractivity contribution is 6.01. The van der Waals surface area contributed by atoms with Gasteiger partial charge in [0.05, 0.1) is 20.3 Å². The molecule has 0 aliphatic carbocycles. The number of amides is 1. The number of piperidine rings is 1. The van der Waals surface area contributed by atoms with Crippen LogP contribution < -0.4 is 4.74 Å². The van der Waals surface area contributed by atoms with Gasteiger partial charge in [-0.05, 0) is 31.4 Å². The van der Waals surface area contributed by atoms with Crippen LogP contribution in [0, 0.1) is 5.92 Å². The largest absolute Gasteiger partial charge is 0.496 e. The summed E-state index contributed by atoms with van der Waals surface area (Å²) in [5, 5.41) is 0. The number of likely N-dealkylation sites (tertiary alicyclic amines) is 1. The van der Waals surface area contributed by atoms with Crippen LogP contribution in [-0.2, 0) is 25.5 Å². The Morgan fingerprint density at radius 3 is 2.71 bits per heavy atom. The monoisotopic (exact) mass is 333 g/mol. The van der Waals surface area contributed by atoms with Gasteiger partial charge in [0.25, 0.3) is 0 Å². The van der Waals surface area contributed by atoms with Crippen molar-refractivity contribution >= 4 is 17.7 Å². The molecule has 24 heavy (non-hydrogen) atoms. The van der Waals surface area contributed by atoms with Gasteiger partial charge in [0, 0.05) is 13.0 Å². The number of benzene rings is 1. The Kier molecular flexibility index (Phi) is 6.35. The molecule has 0 radical (unpaired) electrons. The number of Topliss-reactive ketones (excluding diaryl/α,β-unsaturated/α-hetero) is 1. The highest BCUT2D eigenvalue weighted by atomic mass is 16.5. The maximum Gasteiger partial charge on any atom is 0.316 e. The van der Waals surface area contributed by atoms with Crippen molar-refractivity contribution in [2.75, 3.05) is 26.8 Å². The fraction of sp³-hybridized carbons (Fsp3) is 0.500. The van der Waals surface area contributed by atoms with Crippen LogP contribution in [0.15, 0.2) is 24.3 Å². The number of carbonyl (C=O) groups excluding carboxylic acids is 3. The Bertz CT molecular complexity index is 613. The predicted molar refractivity (Wildman–Crippen MR) is 87.6 cm³/mol. The van der Waals surface area contributed by atoms with E-state index in [9.17, 15) is 14.4 Å². The molecule has 0 spiro atoms. The third-order valence-electron chi connectivity index (χ3n) is 4.15. The summed E-state index contributed by atoms with van der Waals surface area (Å²) < 4.78 is 10.2. The lowest BCUT2D eigenvalue weighted by Crippen LogP contribution is -2.46. The van der Waals surface area contributed by atoms with Crippen molar-refractivity contribution in [1.82, 2.24) is 4.90 Å². The number of hydrogen-bond donors (Lipinski definition) is 0. The highest BCUT2D eigenvalue weighted by Crippen LogP contribution is 2.21. The molecule has 0 bridgehead atoms. The summed E-state index contributed by atoms with van der Waals surface area (Å²) in [7, 11) is 1.60. The van der Waals surface area contributed by atoms with E-state index in [1.807, 2.05) is 24.3 Å². The molecule has 1 aliphatic heterocycles. The van der Waals surface area contributed by atoms with Crippen LogP contribution in [0.5, 0.6) is 5.75 Å². The Hall–Kier alpha value is -2.37. The van der Waals surface area contributed by atoms with Crippen molar-refractivity contribution in [3.8, 4) is 5.75 Å². The Balaban J connectivity index is 1.88. The maximum atomic E-state index is 12.3. The molecule has 1 heterocycles. The number of aryl methyl sites for hydroxylation is 1. The Morgan fingerprint density at radius 2 is 2.04 bits per heavy atom. The van der Waals surface area contributed by atoms with E-state index in [0.717, 1.165) is 11.3 Å². The van der Waals surface area contributed by atoms with Gasteiger partial charge in [-0.25, -0.2) is 0 Å². The topological polar surface area (TPSA) is 72.9 Å². The number of ether oxygens (including phenoxy) is 2. The van der Waals surface area contributed by atoms with Gasteiger partial charge < -0.3 is 14.4 Å². The molecule has 1 atom stereocenters. The lowest BCUT2D eigenvalue weighted by atomic mass is 9.95. The number of esters is 1. The smallest absolute Gasteiger partial charge is 0.316 e. The standard InChI is InChI=1S/C18H23NO5/c1-3-24-18(22)14-10-11-19(12-15(14)20)17(21)9-8-13-6-4-5-7-16(13)23-2/h4-7,14H,3,8-12H2,1-2H3. The minimum atomic E-state index is -0.733. The first-order valence-electron chi connectivity index (χ1n) is 8.15. The Labute approximate surface area is 141 Å². The summed E-state index contributed by atoms with van der Waals surface area (Å²) in [6.07, 6.45) is 1.19. The number of nitrogens with zero attached hydrogens (tertiary/aromatic N) is 1. The number of ketones is 1. The summed E-state index contributed by atoms with van der Waals surface area (Å²) in [5.74, 6) is -0.795. The van der Waals surface area contributed by atoms with Gasteiger partial charge in [-0.1, -0.05) is 18.2 Å². The lowest BCUT2D eigenvalue weighted by molar-refractivity contribution is -0.156. The second-order valence-electron chi connectivity index (χ2n) is 5.69. The number of hydrogen-bond acceptors (Lipinski definition) is 5. The molecule has 1 aliphatic rings. The summed E-state index contributed by atoms with van der Waals surface area (Å²) >= 11 is 0. The molecular formula is C18H23NO5. The molecule has 0 saturated carbocycles. The van der Waals surface area contributed by atoms with E-state index >= 15 is 0 Å². The molecule has 1 saturated heterocycles. The minimum Gasteiger partial charge on any atom is -0.496 e. The van der Waals surface area contributed by atoms with E-state index < -0.39 is 11.9 Å². The van der Waals surface area contributed by atoms with Crippen molar-refractivity contribution in [3.05, 3.63) is 29.8 Å². The second-order valence-corrected chi connectivity index (χ2v) is 5.69. The summed E-state index contributed by atoms with van der Waals surface area (Å²) in [4.78, 5) is 37.6. The molecule has 130 valence electrons. The molecular weight excluding hydrogens is 310 g/mol. The van der Waals surface area contributed by atoms with Gasteiger partial charge >= 0.3 is 5.97 Å². The van der Waals surface area contributed by atoms with Gasteiger partial charge in [0.1, 0.15) is 11.7 Å². The first-order chi connectivity index (χ1) is 11.6. The highest BCUT2D eigenvalue weighted by Gasteiger charge is 2.34. The van der Waals surface area contributed by atoms with Gasteiger partial charge in [-0.2, -0.15) is 0 Å². The van der Waals surface area contributed by atoms with Crippen LogP contribution in [0.2, 0.25) is 0 Å². The van der Waals surface area contributed by atoms with E-state index in [2.05, 4.69) is 0 Å². The SMILES string of the molecule is CCOC(=O)C1CCN(C(=O)CCc2ccccc2OC)CC1=O. The van der Waals surface area contributed by atoms with Gasteiger partial charge in [0.2, 0.25) is 5.91 Å².